The molecule has 144 valence electrons. The Morgan fingerprint density at radius 1 is 1.26 bits per heavy atom. The molecular formula is C20H22BrClN2O3. The SMILES string of the molecule is CNC(=O)[C@@H](C)N(Cc1ccccc1Cl)C(=O)COc1ccc(Br)c(C)c1. The van der Waals surface area contributed by atoms with Crippen LogP contribution in [-0.2, 0) is 16.1 Å². The van der Waals surface area contributed by atoms with Crippen molar-refractivity contribution in [1.82, 2.24) is 10.2 Å². The number of amides is 2. The molecule has 27 heavy (non-hydrogen) atoms. The van der Waals surface area contributed by atoms with Gasteiger partial charge in [-0.2, -0.15) is 0 Å². The van der Waals surface area contributed by atoms with Crippen LogP contribution in [0.2, 0.25) is 5.02 Å². The number of halogens is 2. The molecule has 2 aromatic rings. The van der Waals surface area contributed by atoms with Crippen molar-refractivity contribution in [3.05, 3.63) is 63.1 Å². The number of aryl methyl sites for hydroxylation is 1. The predicted molar refractivity (Wildman–Crippen MR) is 110 cm³/mol. The smallest absolute Gasteiger partial charge is 0.261 e. The Kier molecular flexibility index (Phi) is 7.68. The second kappa shape index (κ2) is 9.76. The zero-order valence-electron chi connectivity index (χ0n) is 15.5. The van der Waals surface area contributed by atoms with Crippen molar-refractivity contribution in [2.75, 3.05) is 13.7 Å². The van der Waals surface area contributed by atoms with E-state index in [2.05, 4.69) is 21.2 Å². The fourth-order valence-corrected chi connectivity index (χ4v) is 2.98. The molecule has 0 saturated heterocycles. The molecule has 0 fully saturated rings. The van der Waals surface area contributed by atoms with Crippen LogP contribution in [0.15, 0.2) is 46.9 Å². The summed E-state index contributed by atoms with van der Waals surface area (Å²) in [6, 6.07) is 12.1. The number of carbonyl (C=O) groups is 2. The lowest BCUT2D eigenvalue weighted by Crippen LogP contribution is -2.48. The van der Waals surface area contributed by atoms with Gasteiger partial charge in [0.1, 0.15) is 11.8 Å². The van der Waals surface area contributed by atoms with Crippen LogP contribution in [0.4, 0.5) is 0 Å². The van der Waals surface area contributed by atoms with Gasteiger partial charge in [0.15, 0.2) is 6.61 Å². The van der Waals surface area contributed by atoms with Gasteiger partial charge in [-0.3, -0.25) is 9.59 Å². The third-order valence-electron chi connectivity index (χ3n) is 4.20. The first kappa shape index (κ1) is 21.3. The van der Waals surface area contributed by atoms with E-state index in [0.717, 1.165) is 15.6 Å². The van der Waals surface area contributed by atoms with Crippen molar-refractivity contribution in [1.29, 1.82) is 0 Å². The second-order valence-electron chi connectivity index (χ2n) is 6.10. The molecule has 0 radical (unpaired) electrons. The predicted octanol–water partition coefficient (Wildman–Crippen LogP) is 3.95. The highest BCUT2D eigenvalue weighted by Gasteiger charge is 2.26. The van der Waals surface area contributed by atoms with Gasteiger partial charge in [0.05, 0.1) is 0 Å². The number of hydrogen-bond acceptors (Lipinski definition) is 3. The van der Waals surface area contributed by atoms with Crippen LogP contribution in [0.1, 0.15) is 18.1 Å². The van der Waals surface area contributed by atoms with Crippen molar-refractivity contribution < 1.29 is 14.3 Å². The van der Waals surface area contributed by atoms with E-state index in [1.165, 1.54) is 11.9 Å². The van der Waals surface area contributed by atoms with Crippen LogP contribution in [0.5, 0.6) is 5.75 Å². The minimum absolute atomic E-state index is 0.174. The lowest BCUT2D eigenvalue weighted by molar-refractivity contribution is -0.142. The first-order chi connectivity index (χ1) is 12.8. The van der Waals surface area contributed by atoms with Gasteiger partial charge in [-0.25, -0.2) is 0 Å². The number of likely N-dealkylation sites (N-methyl/N-ethyl adjacent to an activating group) is 1. The first-order valence-corrected chi connectivity index (χ1v) is 9.64. The number of hydrogen-bond donors (Lipinski definition) is 1. The van der Waals surface area contributed by atoms with Crippen molar-refractivity contribution in [3.8, 4) is 5.75 Å². The fraction of sp³-hybridized carbons (Fsp3) is 0.300. The third-order valence-corrected chi connectivity index (χ3v) is 5.46. The minimum atomic E-state index is -0.658. The van der Waals surface area contributed by atoms with Crippen molar-refractivity contribution in [2.24, 2.45) is 0 Å². The van der Waals surface area contributed by atoms with Gasteiger partial charge in [-0.15, -0.1) is 0 Å². The van der Waals surface area contributed by atoms with Gasteiger partial charge in [0.25, 0.3) is 5.91 Å². The standard InChI is InChI=1S/C20H22BrClN2O3/c1-13-10-16(8-9-17(13)21)27-12-19(25)24(14(2)20(26)23-3)11-15-6-4-5-7-18(15)22/h4-10,14H,11-12H2,1-3H3,(H,23,26)/t14-/m1/s1. The molecule has 0 spiro atoms. The maximum absolute atomic E-state index is 12.8. The zero-order valence-corrected chi connectivity index (χ0v) is 17.8. The summed E-state index contributed by atoms with van der Waals surface area (Å²) in [5.74, 6) is 0.0378. The molecule has 0 aliphatic carbocycles. The average molecular weight is 454 g/mol. The maximum atomic E-state index is 12.8. The van der Waals surface area contributed by atoms with Gasteiger partial charge >= 0.3 is 0 Å². The quantitative estimate of drug-likeness (QED) is 0.690. The summed E-state index contributed by atoms with van der Waals surface area (Å²) in [6.07, 6.45) is 0. The molecule has 0 saturated carbocycles. The highest BCUT2D eigenvalue weighted by Crippen LogP contribution is 2.22. The van der Waals surface area contributed by atoms with Gasteiger partial charge in [0, 0.05) is 23.1 Å². The minimum Gasteiger partial charge on any atom is -0.484 e. The molecule has 1 atom stereocenters. The molecule has 0 heterocycles. The van der Waals surface area contributed by atoms with Crippen LogP contribution >= 0.6 is 27.5 Å². The highest BCUT2D eigenvalue weighted by molar-refractivity contribution is 9.10. The largest absolute Gasteiger partial charge is 0.484 e. The molecule has 0 aliphatic rings. The molecule has 7 heteroatoms. The Labute approximate surface area is 172 Å². The van der Waals surface area contributed by atoms with Crippen LogP contribution in [0, 0.1) is 6.92 Å². The van der Waals surface area contributed by atoms with Crippen LogP contribution in [0.25, 0.3) is 0 Å². The van der Waals surface area contributed by atoms with Gasteiger partial charge in [0.2, 0.25) is 5.91 Å². The van der Waals surface area contributed by atoms with Crippen molar-refractivity contribution in [3.63, 3.8) is 0 Å². The number of benzene rings is 2. The molecule has 2 rings (SSSR count). The monoisotopic (exact) mass is 452 g/mol. The Hall–Kier alpha value is -2.05. The normalized spacial score (nSPS) is 11.6. The van der Waals surface area contributed by atoms with E-state index >= 15 is 0 Å². The molecule has 2 amide bonds. The fourth-order valence-electron chi connectivity index (χ4n) is 2.54. The molecule has 0 aliphatic heterocycles. The van der Waals surface area contributed by atoms with Gasteiger partial charge in [-0.05, 0) is 49.2 Å². The Balaban J connectivity index is 2.16. The van der Waals surface area contributed by atoms with E-state index in [-0.39, 0.29) is 25.0 Å². The number of ether oxygens (including phenoxy) is 1. The van der Waals surface area contributed by atoms with E-state index in [9.17, 15) is 9.59 Å². The number of carbonyl (C=O) groups excluding carboxylic acids is 2. The maximum Gasteiger partial charge on any atom is 0.261 e. The Bertz CT molecular complexity index is 829. The van der Waals surface area contributed by atoms with Gasteiger partial charge in [-0.1, -0.05) is 45.7 Å². The van der Waals surface area contributed by atoms with E-state index in [1.54, 1.807) is 19.1 Å². The highest BCUT2D eigenvalue weighted by atomic mass is 79.9. The lowest BCUT2D eigenvalue weighted by atomic mass is 10.1. The topological polar surface area (TPSA) is 58.6 Å². The molecule has 0 unspecified atom stereocenters. The van der Waals surface area contributed by atoms with Gasteiger partial charge < -0.3 is 15.0 Å². The van der Waals surface area contributed by atoms with Crippen LogP contribution < -0.4 is 10.1 Å². The number of rotatable bonds is 7. The van der Waals surface area contributed by atoms with E-state index < -0.39 is 6.04 Å². The van der Waals surface area contributed by atoms with Crippen LogP contribution in [-0.4, -0.2) is 36.4 Å². The molecule has 2 aromatic carbocycles. The number of nitrogens with zero attached hydrogens (tertiary/aromatic N) is 1. The zero-order chi connectivity index (χ0) is 20.0. The second-order valence-corrected chi connectivity index (χ2v) is 7.36. The summed E-state index contributed by atoms with van der Waals surface area (Å²) in [4.78, 5) is 26.4. The summed E-state index contributed by atoms with van der Waals surface area (Å²) >= 11 is 9.65. The molecule has 1 N–H and O–H groups in total. The van der Waals surface area contributed by atoms with Crippen molar-refractivity contribution >= 4 is 39.3 Å². The average Bonchev–Trinajstić information content (AvgIpc) is 2.66. The molecular weight excluding hydrogens is 432 g/mol. The van der Waals surface area contributed by atoms with E-state index in [0.29, 0.717) is 10.8 Å². The molecule has 0 aromatic heterocycles. The van der Waals surface area contributed by atoms with Crippen molar-refractivity contribution in [2.45, 2.75) is 26.4 Å². The summed E-state index contributed by atoms with van der Waals surface area (Å²) in [6.45, 7) is 3.66. The molecule has 0 bridgehead atoms. The Morgan fingerprint density at radius 2 is 1.96 bits per heavy atom. The van der Waals surface area contributed by atoms with E-state index in [1.807, 2.05) is 37.3 Å². The summed E-state index contributed by atoms with van der Waals surface area (Å²) in [7, 11) is 1.54. The van der Waals surface area contributed by atoms with Crippen LogP contribution in [0.3, 0.4) is 0 Å². The Morgan fingerprint density at radius 3 is 2.59 bits per heavy atom. The number of nitrogens with one attached hydrogen (secondary N) is 1. The summed E-state index contributed by atoms with van der Waals surface area (Å²) in [5.41, 5.74) is 1.77. The third kappa shape index (κ3) is 5.71. The first-order valence-electron chi connectivity index (χ1n) is 8.47. The van der Waals surface area contributed by atoms with E-state index in [4.69, 9.17) is 16.3 Å². The summed E-state index contributed by atoms with van der Waals surface area (Å²) in [5, 5.41) is 3.12. The molecule has 5 nitrogen and oxygen atoms in total. The summed E-state index contributed by atoms with van der Waals surface area (Å²) < 4.78 is 6.61. The lowest BCUT2D eigenvalue weighted by Gasteiger charge is -2.28.